The molecule has 4 nitrogen and oxygen atoms in total. The van der Waals surface area contributed by atoms with E-state index in [4.69, 9.17) is 4.74 Å². The van der Waals surface area contributed by atoms with Gasteiger partial charge in [0.2, 0.25) is 5.91 Å². The van der Waals surface area contributed by atoms with Crippen LogP contribution in [0.1, 0.15) is 32.3 Å². The van der Waals surface area contributed by atoms with Crippen molar-refractivity contribution in [3.8, 4) is 0 Å². The SMILES string of the molecule is CC(C)[C@H]1OCCC[C@@H]1C(=O)N(C)Cc1ccncc1. The van der Waals surface area contributed by atoms with Crippen LogP contribution in [0, 0.1) is 11.8 Å². The zero-order chi connectivity index (χ0) is 14.5. The smallest absolute Gasteiger partial charge is 0.228 e. The van der Waals surface area contributed by atoms with Crippen LogP contribution in [0.4, 0.5) is 0 Å². The zero-order valence-corrected chi connectivity index (χ0v) is 12.6. The third-order valence-corrected chi connectivity index (χ3v) is 3.89. The van der Waals surface area contributed by atoms with E-state index in [1.54, 1.807) is 12.4 Å². The van der Waals surface area contributed by atoms with Gasteiger partial charge in [0.25, 0.3) is 0 Å². The van der Waals surface area contributed by atoms with Crippen LogP contribution in [-0.4, -0.2) is 35.5 Å². The van der Waals surface area contributed by atoms with Gasteiger partial charge in [-0.1, -0.05) is 13.8 Å². The molecule has 1 saturated heterocycles. The molecule has 1 aliphatic heterocycles. The number of aromatic nitrogens is 1. The van der Waals surface area contributed by atoms with E-state index in [0.29, 0.717) is 12.5 Å². The predicted molar refractivity (Wildman–Crippen MR) is 78.0 cm³/mol. The fourth-order valence-electron chi connectivity index (χ4n) is 2.85. The number of carbonyl (C=O) groups is 1. The fraction of sp³-hybridized carbons (Fsp3) is 0.625. The fourth-order valence-corrected chi connectivity index (χ4v) is 2.85. The summed E-state index contributed by atoms with van der Waals surface area (Å²) >= 11 is 0. The highest BCUT2D eigenvalue weighted by molar-refractivity contribution is 5.79. The van der Waals surface area contributed by atoms with E-state index in [1.807, 2.05) is 24.1 Å². The summed E-state index contributed by atoms with van der Waals surface area (Å²) in [6.45, 7) is 5.65. The molecule has 1 amide bonds. The Labute approximate surface area is 121 Å². The van der Waals surface area contributed by atoms with Gasteiger partial charge >= 0.3 is 0 Å². The van der Waals surface area contributed by atoms with Crippen LogP contribution in [0.2, 0.25) is 0 Å². The summed E-state index contributed by atoms with van der Waals surface area (Å²) in [7, 11) is 1.87. The molecule has 20 heavy (non-hydrogen) atoms. The zero-order valence-electron chi connectivity index (χ0n) is 12.6. The van der Waals surface area contributed by atoms with E-state index < -0.39 is 0 Å². The van der Waals surface area contributed by atoms with Crippen LogP contribution in [0.3, 0.4) is 0 Å². The van der Waals surface area contributed by atoms with Gasteiger partial charge in [-0.15, -0.1) is 0 Å². The van der Waals surface area contributed by atoms with Crippen molar-refractivity contribution < 1.29 is 9.53 Å². The second-order valence-electron chi connectivity index (χ2n) is 5.88. The lowest BCUT2D eigenvalue weighted by Crippen LogP contribution is -2.44. The maximum absolute atomic E-state index is 12.6. The van der Waals surface area contributed by atoms with E-state index in [0.717, 1.165) is 25.0 Å². The highest BCUT2D eigenvalue weighted by atomic mass is 16.5. The van der Waals surface area contributed by atoms with Gasteiger partial charge in [0, 0.05) is 32.6 Å². The first-order valence-electron chi connectivity index (χ1n) is 7.35. The number of hydrogen-bond acceptors (Lipinski definition) is 3. The van der Waals surface area contributed by atoms with Crippen molar-refractivity contribution in [2.45, 2.75) is 39.3 Å². The quantitative estimate of drug-likeness (QED) is 0.848. The van der Waals surface area contributed by atoms with Crippen molar-refractivity contribution in [1.82, 2.24) is 9.88 Å². The van der Waals surface area contributed by atoms with Gasteiger partial charge in [0.15, 0.2) is 0 Å². The summed E-state index contributed by atoms with van der Waals surface area (Å²) in [6, 6.07) is 3.89. The van der Waals surface area contributed by atoms with Crippen molar-refractivity contribution in [2.75, 3.05) is 13.7 Å². The van der Waals surface area contributed by atoms with Crippen molar-refractivity contribution >= 4 is 5.91 Å². The van der Waals surface area contributed by atoms with E-state index >= 15 is 0 Å². The summed E-state index contributed by atoms with van der Waals surface area (Å²) in [5.74, 6) is 0.564. The molecule has 0 aliphatic carbocycles. The third kappa shape index (κ3) is 3.57. The molecule has 1 aliphatic rings. The molecule has 1 fully saturated rings. The molecule has 0 radical (unpaired) electrons. The molecule has 0 saturated carbocycles. The Morgan fingerprint density at radius 3 is 2.80 bits per heavy atom. The highest BCUT2D eigenvalue weighted by Gasteiger charge is 2.35. The van der Waals surface area contributed by atoms with Gasteiger partial charge in [0.05, 0.1) is 12.0 Å². The highest BCUT2D eigenvalue weighted by Crippen LogP contribution is 2.28. The average molecular weight is 276 g/mol. The Bertz CT molecular complexity index is 433. The Morgan fingerprint density at radius 2 is 2.15 bits per heavy atom. The Morgan fingerprint density at radius 1 is 1.45 bits per heavy atom. The summed E-state index contributed by atoms with van der Waals surface area (Å²) in [5, 5.41) is 0. The molecule has 0 aromatic carbocycles. The molecule has 2 heterocycles. The van der Waals surface area contributed by atoms with Crippen LogP contribution < -0.4 is 0 Å². The largest absolute Gasteiger partial charge is 0.377 e. The Balaban J connectivity index is 2.01. The standard InChI is InChI=1S/C16H24N2O2/c1-12(2)15-14(5-4-10-20-15)16(19)18(3)11-13-6-8-17-9-7-13/h6-9,12,14-15H,4-5,10-11H2,1-3H3/t14-,15+/m0/s1. The molecular weight excluding hydrogens is 252 g/mol. The Kier molecular flexibility index (Phi) is 5.12. The molecule has 4 heteroatoms. The van der Waals surface area contributed by atoms with Gasteiger partial charge in [-0.25, -0.2) is 0 Å². The van der Waals surface area contributed by atoms with Crippen LogP contribution in [0.15, 0.2) is 24.5 Å². The molecule has 2 rings (SSSR count). The minimum atomic E-state index is -0.00409. The average Bonchev–Trinajstić information content (AvgIpc) is 2.47. The van der Waals surface area contributed by atoms with Gasteiger partial charge in [-0.3, -0.25) is 9.78 Å². The van der Waals surface area contributed by atoms with E-state index in [9.17, 15) is 4.79 Å². The molecule has 0 spiro atoms. The number of pyridine rings is 1. The van der Waals surface area contributed by atoms with Crippen LogP contribution in [0.5, 0.6) is 0 Å². The van der Waals surface area contributed by atoms with Crippen LogP contribution in [-0.2, 0) is 16.1 Å². The number of hydrogen-bond donors (Lipinski definition) is 0. The molecule has 1 aromatic rings. The molecule has 2 atom stereocenters. The summed E-state index contributed by atoms with van der Waals surface area (Å²) < 4.78 is 5.82. The number of nitrogens with zero attached hydrogens (tertiary/aromatic N) is 2. The van der Waals surface area contributed by atoms with Gasteiger partial charge in [0.1, 0.15) is 0 Å². The minimum absolute atomic E-state index is 0.00409. The van der Waals surface area contributed by atoms with Crippen molar-refractivity contribution in [1.29, 1.82) is 0 Å². The van der Waals surface area contributed by atoms with E-state index in [1.165, 1.54) is 0 Å². The molecular formula is C16H24N2O2. The Hall–Kier alpha value is -1.42. The maximum atomic E-state index is 12.6. The lowest BCUT2D eigenvalue weighted by atomic mass is 9.86. The van der Waals surface area contributed by atoms with Gasteiger partial charge < -0.3 is 9.64 Å². The maximum Gasteiger partial charge on any atom is 0.228 e. The number of amides is 1. The summed E-state index contributed by atoms with van der Waals surface area (Å²) in [5.41, 5.74) is 1.11. The molecule has 1 aromatic heterocycles. The van der Waals surface area contributed by atoms with Gasteiger partial charge in [-0.05, 0) is 36.5 Å². The lowest BCUT2D eigenvalue weighted by molar-refractivity contribution is -0.147. The molecule has 110 valence electrons. The number of rotatable bonds is 4. The number of carbonyl (C=O) groups excluding carboxylic acids is 1. The van der Waals surface area contributed by atoms with Crippen LogP contribution >= 0.6 is 0 Å². The minimum Gasteiger partial charge on any atom is -0.377 e. The van der Waals surface area contributed by atoms with Crippen molar-refractivity contribution in [2.24, 2.45) is 11.8 Å². The summed E-state index contributed by atoms with van der Waals surface area (Å²) in [4.78, 5) is 18.5. The molecule has 0 N–H and O–H groups in total. The van der Waals surface area contributed by atoms with Crippen LogP contribution in [0.25, 0.3) is 0 Å². The molecule has 0 bridgehead atoms. The topological polar surface area (TPSA) is 42.4 Å². The lowest BCUT2D eigenvalue weighted by Gasteiger charge is -2.35. The normalized spacial score (nSPS) is 22.8. The first kappa shape index (κ1) is 15.0. The second kappa shape index (κ2) is 6.84. The first-order valence-corrected chi connectivity index (χ1v) is 7.35. The number of ether oxygens (including phenoxy) is 1. The van der Waals surface area contributed by atoms with E-state index in [2.05, 4.69) is 18.8 Å². The summed E-state index contributed by atoms with van der Waals surface area (Å²) in [6.07, 6.45) is 5.48. The predicted octanol–water partition coefficient (Wildman–Crippen LogP) is 2.49. The van der Waals surface area contributed by atoms with Crippen molar-refractivity contribution in [3.05, 3.63) is 30.1 Å². The molecule has 0 unspecified atom stereocenters. The first-order chi connectivity index (χ1) is 9.59. The second-order valence-corrected chi connectivity index (χ2v) is 5.88. The third-order valence-electron chi connectivity index (χ3n) is 3.89. The van der Waals surface area contributed by atoms with Crippen molar-refractivity contribution in [3.63, 3.8) is 0 Å². The van der Waals surface area contributed by atoms with Gasteiger partial charge in [-0.2, -0.15) is 0 Å². The van der Waals surface area contributed by atoms with E-state index in [-0.39, 0.29) is 17.9 Å². The monoisotopic (exact) mass is 276 g/mol.